The van der Waals surface area contributed by atoms with Crippen LogP contribution in [0.1, 0.15) is 12.6 Å². The predicted octanol–water partition coefficient (Wildman–Crippen LogP) is -3.10. The highest BCUT2D eigenvalue weighted by atomic mass is 16.6. The van der Waals surface area contributed by atoms with Gasteiger partial charge in [-0.15, -0.1) is 0 Å². The zero-order valence-electron chi connectivity index (χ0n) is 14.1. The van der Waals surface area contributed by atoms with Gasteiger partial charge in [-0.25, -0.2) is 15.0 Å². The highest BCUT2D eigenvalue weighted by molar-refractivity contribution is 5.81. The average molecular weight is 383 g/mol. The van der Waals surface area contributed by atoms with Gasteiger partial charge in [0.2, 0.25) is 0 Å². The number of hydrogen-bond acceptors (Lipinski definition) is 11. The predicted molar refractivity (Wildman–Crippen MR) is 88.0 cm³/mol. The SMILES string of the molecule is Nc1ncnc2c1ncn2[C@@H]1O[C@H](CC2O[C@H](CO)[C@@H](O)[C@H]2O)[C@@H](O)[C@H]1O. The van der Waals surface area contributed by atoms with Crippen LogP contribution in [0.25, 0.3) is 11.2 Å². The van der Waals surface area contributed by atoms with Crippen molar-refractivity contribution in [1.29, 1.82) is 0 Å². The molecule has 1 unspecified atom stereocenters. The third-order valence-electron chi connectivity index (χ3n) is 5.10. The molecule has 0 amide bonds. The molecule has 27 heavy (non-hydrogen) atoms. The lowest BCUT2D eigenvalue weighted by Gasteiger charge is -2.21. The number of nitrogens with zero attached hydrogens (tertiary/aromatic N) is 4. The maximum Gasteiger partial charge on any atom is 0.167 e. The van der Waals surface area contributed by atoms with E-state index in [1.165, 1.54) is 17.2 Å². The number of rotatable bonds is 4. The van der Waals surface area contributed by atoms with Crippen molar-refractivity contribution in [2.45, 2.75) is 55.4 Å². The van der Waals surface area contributed by atoms with Gasteiger partial charge in [0, 0.05) is 6.42 Å². The summed E-state index contributed by atoms with van der Waals surface area (Å²) in [6.07, 6.45) is -6.04. The summed E-state index contributed by atoms with van der Waals surface area (Å²) in [5.74, 6) is 0.176. The lowest BCUT2D eigenvalue weighted by Crippen LogP contribution is -2.37. The molecule has 4 heterocycles. The molecule has 0 radical (unpaired) electrons. The first-order valence-electron chi connectivity index (χ1n) is 8.49. The van der Waals surface area contributed by atoms with E-state index >= 15 is 0 Å². The van der Waals surface area contributed by atoms with Crippen LogP contribution >= 0.6 is 0 Å². The molecule has 148 valence electrons. The van der Waals surface area contributed by atoms with Crippen molar-refractivity contribution >= 4 is 17.0 Å². The number of anilines is 1. The summed E-state index contributed by atoms with van der Waals surface area (Å²) in [5, 5.41) is 49.9. The van der Waals surface area contributed by atoms with Crippen LogP contribution in [-0.2, 0) is 9.47 Å². The summed E-state index contributed by atoms with van der Waals surface area (Å²) >= 11 is 0. The van der Waals surface area contributed by atoms with E-state index in [1.54, 1.807) is 0 Å². The summed E-state index contributed by atoms with van der Waals surface area (Å²) < 4.78 is 12.6. The number of ether oxygens (including phenoxy) is 2. The fourth-order valence-corrected chi connectivity index (χ4v) is 3.61. The number of imidazole rings is 1. The summed E-state index contributed by atoms with van der Waals surface area (Å²) in [7, 11) is 0. The quantitative estimate of drug-likeness (QED) is 0.313. The Balaban J connectivity index is 1.54. The number of aliphatic hydroxyl groups is 5. The molecular formula is C15H21N5O7. The molecule has 12 nitrogen and oxygen atoms in total. The molecule has 2 aromatic rings. The van der Waals surface area contributed by atoms with Crippen LogP contribution in [0.4, 0.5) is 5.82 Å². The van der Waals surface area contributed by atoms with Crippen LogP contribution < -0.4 is 5.73 Å². The van der Waals surface area contributed by atoms with Gasteiger partial charge in [-0.2, -0.15) is 0 Å². The van der Waals surface area contributed by atoms with Gasteiger partial charge in [-0.05, 0) is 0 Å². The number of nitrogens with two attached hydrogens (primary N) is 1. The molecule has 2 aliphatic heterocycles. The van der Waals surface area contributed by atoms with Crippen molar-refractivity contribution < 1.29 is 35.0 Å². The molecule has 2 aromatic heterocycles. The lowest BCUT2D eigenvalue weighted by atomic mass is 10.00. The Morgan fingerprint density at radius 2 is 1.59 bits per heavy atom. The van der Waals surface area contributed by atoms with Gasteiger partial charge in [0.25, 0.3) is 0 Å². The molecule has 2 aliphatic rings. The second-order valence-corrected chi connectivity index (χ2v) is 6.74. The van der Waals surface area contributed by atoms with Crippen LogP contribution in [0.15, 0.2) is 12.7 Å². The number of aromatic nitrogens is 4. The third-order valence-corrected chi connectivity index (χ3v) is 5.10. The van der Waals surface area contributed by atoms with E-state index in [0.29, 0.717) is 11.2 Å². The Morgan fingerprint density at radius 1 is 0.926 bits per heavy atom. The molecule has 7 N–H and O–H groups in total. The monoisotopic (exact) mass is 383 g/mol. The second-order valence-electron chi connectivity index (χ2n) is 6.74. The van der Waals surface area contributed by atoms with Crippen molar-refractivity contribution in [3.8, 4) is 0 Å². The Hall–Kier alpha value is -1.93. The van der Waals surface area contributed by atoms with E-state index in [0.717, 1.165) is 0 Å². The summed E-state index contributed by atoms with van der Waals surface area (Å²) in [6, 6.07) is 0. The fraction of sp³-hybridized carbons (Fsp3) is 0.667. The molecule has 12 heteroatoms. The minimum absolute atomic E-state index is 0.00715. The molecule has 0 spiro atoms. The van der Waals surface area contributed by atoms with Crippen LogP contribution in [-0.4, -0.2) is 94.4 Å². The van der Waals surface area contributed by atoms with Gasteiger partial charge in [0.1, 0.15) is 42.4 Å². The summed E-state index contributed by atoms with van der Waals surface area (Å²) in [5.41, 5.74) is 6.44. The van der Waals surface area contributed by atoms with E-state index in [2.05, 4.69) is 15.0 Å². The molecule has 2 saturated heterocycles. The molecule has 0 aliphatic carbocycles. The van der Waals surface area contributed by atoms with Crippen molar-refractivity contribution in [3.05, 3.63) is 12.7 Å². The van der Waals surface area contributed by atoms with Gasteiger partial charge in [-0.1, -0.05) is 0 Å². The first-order chi connectivity index (χ1) is 12.9. The van der Waals surface area contributed by atoms with E-state index in [-0.39, 0.29) is 12.2 Å². The Kier molecular flexibility index (Phi) is 4.71. The Labute approximate surface area is 152 Å². The fourth-order valence-electron chi connectivity index (χ4n) is 3.61. The van der Waals surface area contributed by atoms with Crippen LogP contribution in [0.3, 0.4) is 0 Å². The van der Waals surface area contributed by atoms with Gasteiger partial charge in [-0.3, -0.25) is 4.57 Å². The maximum atomic E-state index is 10.4. The first kappa shape index (κ1) is 18.4. The normalized spacial score (nSPS) is 39.4. The van der Waals surface area contributed by atoms with Gasteiger partial charge < -0.3 is 40.7 Å². The van der Waals surface area contributed by atoms with Gasteiger partial charge in [0.15, 0.2) is 17.7 Å². The van der Waals surface area contributed by atoms with Crippen molar-refractivity contribution in [2.75, 3.05) is 12.3 Å². The molecule has 0 aromatic carbocycles. The smallest absolute Gasteiger partial charge is 0.167 e. The minimum Gasteiger partial charge on any atom is -0.394 e. The molecule has 8 atom stereocenters. The molecule has 0 saturated carbocycles. The van der Waals surface area contributed by atoms with E-state index < -0.39 is 55.6 Å². The van der Waals surface area contributed by atoms with Crippen molar-refractivity contribution in [1.82, 2.24) is 19.5 Å². The summed E-state index contributed by atoms with van der Waals surface area (Å²) in [6.45, 7) is -0.448. The van der Waals surface area contributed by atoms with E-state index in [1.807, 2.05) is 0 Å². The molecule has 4 rings (SSSR count). The molecule has 0 bridgehead atoms. The second kappa shape index (κ2) is 6.91. The highest BCUT2D eigenvalue weighted by Crippen LogP contribution is 2.36. The van der Waals surface area contributed by atoms with Crippen LogP contribution in [0, 0.1) is 0 Å². The number of hydrogen-bond donors (Lipinski definition) is 6. The Bertz CT molecular complexity index is 819. The zero-order chi connectivity index (χ0) is 19.3. The van der Waals surface area contributed by atoms with E-state index in [9.17, 15) is 20.4 Å². The minimum atomic E-state index is -1.29. The third kappa shape index (κ3) is 2.95. The molecule has 2 fully saturated rings. The number of aliphatic hydroxyl groups excluding tert-OH is 5. The topological polar surface area (TPSA) is 189 Å². The highest BCUT2D eigenvalue weighted by Gasteiger charge is 2.49. The average Bonchev–Trinajstić information content (AvgIpc) is 3.29. The summed E-state index contributed by atoms with van der Waals surface area (Å²) in [4.78, 5) is 12.0. The zero-order valence-corrected chi connectivity index (χ0v) is 14.1. The van der Waals surface area contributed by atoms with Gasteiger partial charge >= 0.3 is 0 Å². The van der Waals surface area contributed by atoms with E-state index in [4.69, 9.17) is 20.3 Å². The van der Waals surface area contributed by atoms with Crippen LogP contribution in [0.5, 0.6) is 0 Å². The first-order valence-corrected chi connectivity index (χ1v) is 8.49. The van der Waals surface area contributed by atoms with Crippen LogP contribution in [0.2, 0.25) is 0 Å². The maximum absolute atomic E-state index is 10.4. The largest absolute Gasteiger partial charge is 0.394 e. The van der Waals surface area contributed by atoms with Crippen molar-refractivity contribution in [3.63, 3.8) is 0 Å². The van der Waals surface area contributed by atoms with Gasteiger partial charge in [0.05, 0.1) is 25.1 Å². The lowest BCUT2D eigenvalue weighted by molar-refractivity contribution is -0.0750. The Morgan fingerprint density at radius 3 is 2.30 bits per heavy atom. The standard InChI is InChI=1S/C15H21N5O7/c16-13-8-14(18-3-17-13)20(4-19-8)15-12(25)10(23)6(27-15)1-5-9(22)11(24)7(2-21)26-5/h3-7,9-12,15,21-25H,1-2H2,(H2,16,17,18)/t5?,6-,7-,9+,10-,11-,12-,15-/m1/s1. The number of nitrogen functional groups attached to an aromatic ring is 1. The number of fused-ring (bicyclic) bond motifs is 1. The van der Waals surface area contributed by atoms with Crippen molar-refractivity contribution in [2.24, 2.45) is 0 Å². The molecular weight excluding hydrogens is 362 g/mol.